The summed E-state index contributed by atoms with van der Waals surface area (Å²) in [4.78, 5) is 40.2. The Labute approximate surface area is 173 Å². The number of benzene rings is 1. The smallest absolute Gasteiger partial charge is 0.358 e. The van der Waals surface area contributed by atoms with Gasteiger partial charge in [0.2, 0.25) is 0 Å². The van der Waals surface area contributed by atoms with Crippen LogP contribution in [-0.4, -0.2) is 49.7 Å². The van der Waals surface area contributed by atoms with E-state index in [1.54, 1.807) is 24.6 Å². The largest absolute Gasteiger partial charge is 0.497 e. The fourth-order valence-corrected chi connectivity index (χ4v) is 3.30. The summed E-state index contributed by atoms with van der Waals surface area (Å²) < 4.78 is 14.8. The minimum absolute atomic E-state index is 0.111. The van der Waals surface area contributed by atoms with Crippen molar-refractivity contribution in [3.63, 3.8) is 0 Å². The highest BCUT2D eigenvalue weighted by atomic mass is 32.1. The van der Waals surface area contributed by atoms with Gasteiger partial charge in [-0.3, -0.25) is 4.79 Å². The number of aromatic nitrogens is 1. The lowest BCUT2D eigenvalue weighted by Gasteiger charge is -2.18. The molecule has 156 valence electrons. The molecule has 0 aliphatic carbocycles. The van der Waals surface area contributed by atoms with Crippen LogP contribution in [0.3, 0.4) is 0 Å². The molecule has 0 saturated heterocycles. The van der Waals surface area contributed by atoms with Gasteiger partial charge in [-0.1, -0.05) is 13.8 Å². The van der Waals surface area contributed by atoms with Gasteiger partial charge < -0.3 is 19.5 Å². The van der Waals surface area contributed by atoms with Crippen LogP contribution < -0.4 is 10.1 Å². The standard InChI is InChI=1S/C20H24N2O6S/c1-12(2)9-15(19(24)27-4)21-17(23)10-28-20(25)16-11-29-18(22-16)13-5-7-14(26-3)8-6-13/h5-8,11-12,15H,9-10H2,1-4H3,(H,21,23)/t15-/m0/s1. The first kappa shape index (κ1) is 22.4. The van der Waals surface area contributed by atoms with Crippen LogP contribution in [-0.2, 0) is 19.1 Å². The molecule has 0 aliphatic rings. The molecule has 0 unspecified atom stereocenters. The Morgan fingerprint density at radius 1 is 1.14 bits per heavy atom. The van der Waals surface area contributed by atoms with Crippen molar-refractivity contribution < 1.29 is 28.6 Å². The van der Waals surface area contributed by atoms with Crippen molar-refractivity contribution in [1.29, 1.82) is 0 Å². The summed E-state index contributed by atoms with van der Waals surface area (Å²) in [6, 6.07) is 6.48. The molecule has 1 atom stereocenters. The van der Waals surface area contributed by atoms with Crippen molar-refractivity contribution in [3.05, 3.63) is 35.3 Å². The van der Waals surface area contributed by atoms with Crippen LogP contribution in [0, 0.1) is 5.92 Å². The number of ether oxygens (including phenoxy) is 3. The molecule has 0 fully saturated rings. The Bertz CT molecular complexity index is 847. The third kappa shape index (κ3) is 6.56. The number of rotatable bonds is 9. The van der Waals surface area contributed by atoms with E-state index in [9.17, 15) is 14.4 Å². The van der Waals surface area contributed by atoms with Crippen LogP contribution in [0.15, 0.2) is 29.6 Å². The predicted octanol–water partition coefficient (Wildman–Crippen LogP) is 2.68. The van der Waals surface area contributed by atoms with E-state index in [1.807, 2.05) is 26.0 Å². The molecule has 1 amide bonds. The quantitative estimate of drug-likeness (QED) is 0.622. The third-order valence-electron chi connectivity index (χ3n) is 3.91. The van der Waals surface area contributed by atoms with Crippen LogP contribution in [0.25, 0.3) is 10.6 Å². The van der Waals surface area contributed by atoms with E-state index < -0.39 is 30.5 Å². The first-order valence-corrected chi connectivity index (χ1v) is 9.86. The number of esters is 2. The maximum Gasteiger partial charge on any atom is 0.358 e. The lowest BCUT2D eigenvalue weighted by Crippen LogP contribution is -2.44. The van der Waals surface area contributed by atoms with Gasteiger partial charge in [-0.05, 0) is 36.6 Å². The van der Waals surface area contributed by atoms with Gasteiger partial charge in [0.05, 0.1) is 14.2 Å². The molecule has 1 heterocycles. The zero-order chi connectivity index (χ0) is 21.4. The summed E-state index contributed by atoms with van der Waals surface area (Å²) >= 11 is 1.29. The molecule has 2 aromatic rings. The van der Waals surface area contributed by atoms with E-state index in [2.05, 4.69) is 10.3 Å². The molecule has 0 aliphatic heterocycles. The number of amides is 1. The normalized spacial score (nSPS) is 11.6. The Morgan fingerprint density at radius 2 is 1.83 bits per heavy atom. The van der Waals surface area contributed by atoms with Gasteiger partial charge in [0.1, 0.15) is 16.8 Å². The summed E-state index contributed by atoms with van der Waals surface area (Å²) in [7, 11) is 2.84. The van der Waals surface area contributed by atoms with Gasteiger partial charge >= 0.3 is 11.9 Å². The van der Waals surface area contributed by atoms with E-state index in [1.165, 1.54) is 18.4 Å². The minimum atomic E-state index is -0.785. The minimum Gasteiger partial charge on any atom is -0.497 e. The Kier molecular flexibility index (Phi) is 8.14. The first-order valence-electron chi connectivity index (χ1n) is 8.98. The van der Waals surface area contributed by atoms with Crippen LogP contribution in [0.1, 0.15) is 30.8 Å². The number of thiazole rings is 1. The van der Waals surface area contributed by atoms with Crippen LogP contribution in [0.5, 0.6) is 5.75 Å². The van der Waals surface area contributed by atoms with Gasteiger partial charge in [0.25, 0.3) is 5.91 Å². The highest BCUT2D eigenvalue weighted by molar-refractivity contribution is 7.13. The van der Waals surface area contributed by atoms with Crippen LogP contribution >= 0.6 is 11.3 Å². The summed E-state index contributed by atoms with van der Waals surface area (Å²) in [6.45, 7) is 3.33. The second-order valence-electron chi connectivity index (χ2n) is 6.62. The lowest BCUT2D eigenvalue weighted by atomic mass is 10.0. The summed E-state index contributed by atoms with van der Waals surface area (Å²) in [6.07, 6.45) is 0.420. The Morgan fingerprint density at radius 3 is 2.41 bits per heavy atom. The number of hydrogen-bond donors (Lipinski definition) is 1. The second kappa shape index (κ2) is 10.6. The van der Waals surface area contributed by atoms with Gasteiger partial charge in [-0.15, -0.1) is 11.3 Å². The molecule has 0 spiro atoms. The van der Waals surface area contributed by atoms with Crippen LogP contribution in [0.4, 0.5) is 0 Å². The molecule has 1 N–H and O–H groups in total. The highest BCUT2D eigenvalue weighted by Crippen LogP contribution is 2.25. The molecule has 0 bridgehead atoms. The molecule has 1 aromatic carbocycles. The first-order chi connectivity index (χ1) is 13.8. The van der Waals surface area contributed by atoms with E-state index in [0.29, 0.717) is 11.4 Å². The molecule has 2 rings (SSSR count). The monoisotopic (exact) mass is 420 g/mol. The van der Waals surface area contributed by atoms with E-state index in [-0.39, 0.29) is 11.6 Å². The molecule has 0 radical (unpaired) electrons. The predicted molar refractivity (Wildman–Crippen MR) is 108 cm³/mol. The fourth-order valence-electron chi connectivity index (χ4n) is 2.50. The van der Waals surface area contributed by atoms with Gasteiger partial charge in [0, 0.05) is 10.9 Å². The van der Waals surface area contributed by atoms with Gasteiger partial charge in [-0.25, -0.2) is 14.6 Å². The summed E-state index contributed by atoms with van der Waals surface area (Å²) in [5.41, 5.74) is 0.947. The molecule has 0 saturated carbocycles. The second-order valence-corrected chi connectivity index (χ2v) is 7.47. The van der Waals surface area contributed by atoms with Crippen molar-refractivity contribution in [3.8, 4) is 16.3 Å². The topological polar surface area (TPSA) is 104 Å². The number of carbonyl (C=O) groups is 3. The number of carbonyl (C=O) groups excluding carboxylic acids is 3. The van der Waals surface area contributed by atoms with Gasteiger partial charge in [-0.2, -0.15) is 0 Å². The number of hydrogen-bond acceptors (Lipinski definition) is 8. The van der Waals surface area contributed by atoms with Crippen molar-refractivity contribution >= 4 is 29.2 Å². The molecule has 8 nitrogen and oxygen atoms in total. The number of nitrogens with one attached hydrogen (secondary N) is 1. The number of methoxy groups -OCH3 is 2. The average Bonchev–Trinajstić information content (AvgIpc) is 3.21. The van der Waals surface area contributed by atoms with E-state index in [4.69, 9.17) is 14.2 Å². The summed E-state index contributed by atoms with van der Waals surface area (Å²) in [5, 5.41) is 4.74. The maximum atomic E-state index is 12.2. The highest BCUT2D eigenvalue weighted by Gasteiger charge is 2.23. The van der Waals surface area contributed by atoms with E-state index in [0.717, 1.165) is 11.3 Å². The zero-order valence-electron chi connectivity index (χ0n) is 16.8. The van der Waals surface area contributed by atoms with Crippen molar-refractivity contribution in [1.82, 2.24) is 10.3 Å². The fraction of sp³-hybridized carbons (Fsp3) is 0.400. The third-order valence-corrected chi connectivity index (χ3v) is 4.80. The molecular weight excluding hydrogens is 396 g/mol. The molecule has 29 heavy (non-hydrogen) atoms. The van der Waals surface area contributed by atoms with Gasteiger partial charge in [0.15, 0.2) is 12.3 Å². The molecule has 9 heteroatoms. The average molecular weight is 420 g/mol. The van der Waals surface area contributed by atoms with Crippen molar-refractivity contribution in [2.75, 3.05) is 20.8 Å². The van der Waals surface area contributed by atoms with Crippen molar-refractivity contribution in [2.24, 2.45) is 5.92 Å². The zero-order valence-corrected chi connectivity index (χ0v) is 17.6. The Balaban J connectivity index is 1.92. The molecule has 1 aromatic heterocycles. The lowest BCUT2D eigenvalue weighted by molar-refractivity contribution is -0.145. The van der Waals surface area contributed by atoms with Crippen LogP contribution in [0.2, 0.25) is 0 Å². The van der Waals surface area contributed by atoms with E-state index >= 15 is 0 Å². The summed E-state index contributed by atoms with van der Waals surface area (Å²) in [5.74, 6) is -0.941. The Hall–Kier alpha value is -2.94. The number of nitrogens with zero attached hydrogens (tertiary/aromatic N) is 1. The van der Waals surface area contributed by atoms with Crippen molar-refractivity contribution in [2.45, 2.75) is 26.3 Å². The maximum absolute atomic E-state index is 12.2. The SMILES string of the molecule is COC(=O)[C@H](CC(C)C)NC(=O)COC(=O)c1csc(-c2ccc(OC)cc2)n1. The molecular formula is C20H24N2O6S.